The van der Waals surface area contributed by atoms with Gasteiger partial charge in [-0.05, 0) is 39.5 Å². The molecule has 116 valence electrons. The Hall–Kier alpha value is -1.86. The zero-order valence-electron chi connectivity index (χ0n) is 11.9. The SMILES string of the molecule is COc1cc2ccnc(O[C@H]3CN[C@H](C(=O)O)C3)c2cc1Br. The van der Waals surface area contributed by atoms with Crippen molar-refractivity contribution in [3.05, 3.63) is 28.9 Å². The molecule has 1 aromatic carbocycles. The second-order valence-corrected chi connectivity index (χ2v) is 5.95. The molecule has 1 aromatic heterocycles. The average molecular weight is 367 g/mol. The Labute approximate surface area is 135 Å². The van der Waals surface area contributed by atoms with Crippen molar-refractivity contribution in [2.75, 3.05) is 13.7 Å². The lowest BCUT2D eigenvalue weighted by molar-refractivity contribution is -0.139. The number of hydrogen-bond donors (Lipinski definition) is 2. The van der Waals surface area contributed by atoms with Gasteiger partial charge in [0.25, 0.3) is 0 Å². The molecule has 0 radical (unpaired) electrons. The number of pyridine rings is 1. The molecule has 7 heteroatoms. The van der Waals surface area contributed by atoms with Crippen LogP contribution >= 0.6 is 15.9 Å². The molecule has 0 bridgehead atoms. The Morgan fingerprint density at radius 1 is 1.50 bits per heavy atom. The molecular formula is C15H15BrN2O4. The molecule has 0 saturated carbocycles. The van der Waals surface area contributed by atoms with Crippen LogP contribution in [-0.4, -0.2) is 41.9 Å². The van der Waals surface area contributed by atoms with Crippen LogP contribution in [0.25, 0.3) is 10.8 Å². The summed E-state index contributed by atoms with van der Waals surface area (Å²) in [6.45, 7) is 0.492. The van der Waals surface area contributed by atoms with Gasteiger partial charge in [0.05, 0.1) is 11.6 Å². The molecule has 0 aliphatic carbocycles. The van der Waals surface area contributed by atoms with Crippen molar-refractivity contribution in [1.82, 2.24) is 10.3 Å². The number of aliphatic carboxylic acids is 1. The molecule has 2 atom stereocenters. The summed E-state index contributed by atoms with van der Waals surface area (Å²) >= 11 is 3.45. The van der Waals surface area contributed by atoms with Gasteiger partial charge in [-0.1, -0.05) is 0 Å². The van der Waals surface area contributed by atoms with Crippen LogP contribution in [0, 0.1) is 0 Å². The molecule has 2 N–H and O–H groups in total. The molecule has 6 nitrogen and oxygen atoms in total. The Morgan fingerprint density at radius 3 is 3.00 bits per heavy atom. The molecule has 3 rings (SSSR count). The van der Waals surface area contributed by atoms with Crippen LogP contribution in [0.1, 0.15) is 6.42 Å². The van der Waals surface area contributed by atoms with E-state index >= 15 is 0 Å². The van der Waals surface area contributed by atoms with Crippen LogP contribution < -0.4 is 14.8 Å². The summed E-state index contributed by atoms with van der Waals surface area (Å²) in [5.41, 5.74) is 0. The topological polar surface area (TPSA) is 80.7 Å². The number of hydrogen-bond acceptors (Lipinski definition) is 5. The minimum absolute atomic E-state index is 0.208. The predicted octanol–water partition coefficient (Wildman–Crippen LogP) is 2.20. The predicted molar refractivity (Wildman–Crippen MR) is 84.5 cm³/mol. The van der Waals surface area contributed by atoms with Crippen LogP contribution in [-0.2, 0) is 4.79 Å². The van der Waals surface area contributed by atoms with E-state index in [0.717, 1.165) is 21.0 Å². The quantitative estimate of drug-likeness (QED) is 0.863. The standard InChI is InChI=1S/C15H15BrN2O4/c1-21-13-4-8-2-3-17-14(10(8)6-11(13)16)22-9-5-12(15(19)20)18-7-9/h2-4,6,9,12,18H,5,7H2,1H3,(H,19,20)/t9-,12+/m1/s1. The lowest BCUT2D eigenvalue weighted by Crippen LogP contribution is -2.30. The van der Waals surface area contributed by atoms with Gasteiger partial charge in [0.15, 0.2) is 0 Å². The number of halogens is 1. The number of nitrogens with zero attached hydrogens (tertiary/aromatic N) is 1. The highest BCUT2D eigenvalue weighted by Crippen LogP contribution is 2.34. The lowest BCUT2D eigenvalue weighted by atomic mass is 10.1. The van der Waals surface area contributed by atoms with Crippen molar-refractivity contribution in [2.24, 2.45) is 0 Å². The summed E-state index contributed by atoms with van der Waals surface area (Å²) in [6.07, 6.45) is 1.88. The first kappa shape index (κ1) is 15.1. The van der Waals surface area contributed by atoms with Crippen molar-refractivity contribution in [2.45, 2.75) is 18.6 Å². The summed E-state index contributed by atoms with van der Waals surface area (Å²) in [6, 6.07) is 5.12. The minimum Gasteiger partial charge on any atom is -0.496 e. The summed E-state index contributed by atoms with van der Waals surface area (Å²) in [5, 5.41) is 13.7. The van der Waals surface area contributed by atoms with Crippen molar-refractivity contribution < 1.29 is 19.4 Å². The van der Waals surface area contributed by atoms with Crippen molar-refractivity contribution in [3.63, 3.8) is 0 Å². The van der Waals surface area contributed by atoms with Gasteiger partial charge in [-0.3, -0.25) is 4.79 Å². The fourth-order valence-electron chi connectivity index (χ4n) is 2.54. The fraction of sp³-hybridized carbons (Fsp3) is 0.333. The fourth-order valence-corrected chi connectivity index (χ4v) is 3.04. The molecule has 0 spiro atoms. The molecule has 0 unspecified atom stereocenters. The number of nitrogens with one attached hydrogen (secondary N) is 1. The highest BCUT2D eigenvalue weighted by Gasteiger charge is 2.31. The number of rotatable bonds is 4. The summed E-state index contributed by atoms with van der Waals surface area (Å²) in [7, 11) is 1.61. The number of carboxylic acids is 1. The first-order valence-electron chi connectivity index (χ1n) is 6.83. The van der Waals surface area contributed by atoms with Crippen molar-refractivity contribution >= 4 is 32.7 Å². The third kappa shape index (κ3) is 2.86. The van der Waals surface area contributed by atoms with Crippen LogP contribution in [0.5, 0.6) is 11.6 Å². The van der Waals surface area contributed by atoms with Crippen LogP contribution in [0.4, 0.5) is 0 Å². The second kappa shape index (κ2) is 6.10. The van der Waals surface area contributed by atoms with E-state index in [9.17, 15) is 4.79 Å². The largest absolute Gasteiger partial charge is 0.496 e. The minimum atomic E-state index is -0.857. The van der Waals surface area contributed by atoms with E-state index in [1.807, 2.05) is 18.2 Å². The van der Waals surface area contributed by atoms with Gasteiger partial charge in [0.2, 0.25) is 5.88 Å². The van der Waals surface area contributed by atoms with Gasteiger partial charge in [-0.15, -0.1) is 0 Å². The zero-order chi connectivity index (χ0) is 15.7. The Bertz CT molecular complexity index is 722. The molecule has 2 heterocycles. The van der Waals surface area contributed by atoms with Crippen LogP contribution in [0.15, 0.2) is 28.9 Å². The Balaban J connectivity index is 1.88. The number of ether oxygens (including phenoxy) is 2. The van der Waals surface area contributed by atoms with Gasteiger partial charge >= 0.3 is 5.97 Å². The van der Waals surface area contributed by atoms with Crippen molar-refractivity contribution in [3.8, 4) is 11.6 Å². The van der Waals surface area contributed by atoms with Crippen LogP contribution in [0.3, 0.4) is 0 Å². The maximum atomic E-state index is 11.0. The van der Waals surface area contributed by atoms with E-state index in [-0.39, 0.29) is 6.10 Å². The molecule has 22 heavy (non-hydrogen) atoms. The first-order chi connectivity index (χ1) is 10.6. The van der Waals surface area contributed by atoms with E-state index in [1.54, 1.807) is 13.3 Å². The van der Waals surface area contributed by atoms with E-state index in [4.69, 9.17) is 14.6 Å². The summed E-state index contributed by atoms with van der Waals surface area (Å²) in [4.78, 5) is 15.3. The molecule has 1 aliphatic rings. The van der Waals surface area contributed by atoms with Crippen molar-refractivity contribution in [1.29, 1.82) is 0 Å². The third-order valence-electron chi connectivity index (χ3n) is 3.67. The Morgan fingerprint density at radius 2 is 2.32 bits per heavy atom. The number of fused-ring (bicyclic) bond motifs is 1. The number of aromatic nitrogens is 1. The first-order valence-corrected chi connectivity index (χ1v) is 7.63. The second-order valence-electron chi connectivity index (χ2n) is 5.10. The highest BCUT2D eigenvalue weighted by atomic mass is 79.9. The number of carboxylic acid groups (broad SMARTS) is 1. The Kier molecular flexibility index (Phi) is 4.17. The number of carbonyl (C=O) groups is 1. The maximum Gasteiger partial charge on any atom is 0.320 e. The smallest absolute Gasteiger partial charge is 0.320 e. The number of methoxy groups -OCH3 is 1. The van der Waals surface area contributed by atoms with Gasteiger partial charge in [-0.2, -0.15) is 0 Å². The van der Waals surface area contributed by atoms with Gasteiger partial charge < -0.3 is 19.9 Å². The van der Waals surface area contributed by atoms with Gasteiger partial charge in [0.1, 0.15) is 17.9 Å². The highest BCUT2D eigenvalue weighted by molar-refractivity contribution is 9.10. The monoisotopic (exact) mass is 366 g/mol. The lowest BCUT2D eigenvalue weighted by Gasteiger charge is -2.14. The van der Waals surface area contributed by atoms with Gasteiger partial charge in [0, 0.05) is 24.5 Å². The van der Waals surface area contributed by atoms with E-state index in [1.165, 1.54) is 0 Å². The molecule has 1 aliphatic heterocycles. The normalized spacial score (nSPS) is 21.0. The zero-order valence-corrected chi connectivity index (χ0v) is 13.5. The summed E-state index contributed by atoms with van der Waals surface area (Å²) in [5.74, 6) is 0.376. The molecule has 2 aromatic rings. The number of benzene rings is 1. The molecule has 0 amide bonds. The van der Waals surface area contributed by atoms with E-state index < -0.39 is 12.0 Å². The van der Waals surface area contributed by atoms with Crippen LogP contribution in [0.2, 0.25) is 0 Å². The van der Waals surface area contributed by atoms with Gasteiger partial charge in [-0.25, -0.2) is 4.98 Å². The molecular weight excluding hydrogens is 352 g/mol. The third-order valence-corrected chi connectivity index (χ3v) is 4.29. The average Bonchev–Trinajstić information content (AvgIpc) is 2.96. The van der Waals surface area contributed by atoms with E-state index in [2.05, 4.69) is 26.2 Å². The molecule has 1 fully saturated rings. The summed E-state index contributed by atoms with van der Waals surface area (Å²) < 4.78 is 12.0. The molecule has 1 saturated heterocycles. The van der Waals surface area contributed by atoms with E-state index in [0.29, 0.717) is 18.8 Å². The maximum absolute atomic E-state index is 11.0.